The highest BCUT2D eigenvalue weighted by Gasteiger charge is 2.16. The maximum Gasteiger partial charge on any atom is 0.409 e. The van der Waals surface area contributed by atoms with Crippen molar-refractivity contribution in [3.63, 3.8) is 0 Å². The number of benzene rings is 2. The van der Waals surface area contributed by atoms with E-state index in [4.69, 9.17) is 5.11 Å². The summed E-state index contributed by atoms with van der Waals surface area (Å²) in [4.78, 5) is 21.0. The highest BCUT2D eigenvalue weighted by Crippen LogP contribution is 2.30. The van der Waals surface area contributed by atoms with Gasteiger partial charge < -0.3 is 5.11 Å². The number of amides is 1. The van der Waals surface area contributed by atoms with E-state index in [2.05, 4.69) is 0 Å². The van der Waals surface area contributed by atoms with Gasteiger partial charge >= 0.3 is 6.09 Å². The minimum atomic E-state index is -1.34. The van der Waals surface area contributed by atoms with Gasteiger partial charge in [-0.15, -0.1) is 0 Å². The first-order valence-corrected chi connectivity index (χ1v) is 5.83. The number of anilines is 1. The number of carbonyl (C=O) groups is 1. The van der Waals surface area contributed by atoms with Gasteiger partial charge in [-0.25, -0.2) is 4.79 Å². The molecule has 0 aliphatic rings. The Morgan fingerprint density at radius 1 is 1.15 bits per heavy atom. The highest BCUT2D eigenvalue weighted by atomic mass is 16.6. The number of nitrogens with zero attached hydrogens (tertiary/aromatic N) is 1. The number of nitrogens with one attached hydrogen (secondary N) is 1. The van der Waals surface area contributed by atoms with Crippen LogP contribution in [-0.4, -0.2) is 16.1 Å². The molecule has 6 heteroatoms. The summed E-state index contributed by atoms with van der Waals surface area (Å²) in [7, 11) is 0. The Balaban J connectivity index is 2.47. The maximum atomic E-state index is 11.0. The fraction of sp³-hybridized carbons (Fsp3) is 0.0714. The van der Waals surface area contributed by atoms with E-state index in [0.717, 1.165) is 11.1 Å². The molecule has 2 rings (SSSR count). The highest BCUT2D eigenvalue weighted by molar-refractivity contribution is 5.87. The fourth-order valence-electron chi connectivity index (χ4n) is 1.83. The molecule has 0 unspecified atom stereocenters. The predicted octanol–water partition coefficient (Wildman–Crippen LogP) is 3.66. The monoisotopic (exact) mass is 272 g/mol. The van der Waals surface area contributed by atoms with Crippen molar-refractivity contribution in [2.45, 2.75) is 6.92 Å². The lowest BCUT2D eigenvalue weighted by atomic mass is 10.0. The van der Waals surface area contributed by atoms with Gasteiger partial charge in [0.25, 0.3) is 5.69 Å². The molecule has 0 heterocycles. The molecular weight excluding hydrogens is 260 g/mol. The van der Waals surface area contributed by atoms with Crippen LogP contribution < -0.4 is 5.32 Å². The standard InChI is InChI=1S/C14H12N2O4/c1-9-2-4-10(5-3-9)11-6-7-12(15-14(17)18)13(8-11)16(19)20/h2-8,15H,1H3,(H,17,18). The molecule has 1 amide bonds. The lowest BCUT2D eigenvalue weighted by molar-refractivity contribution is -0.383. The van der Waals surface area contributed by atoms with E-state index in [-0.39, 0.29) is 11.4 Å². The van der Waals surface area contributed by atoms with Crippen molar-refractivity contribution in [3.8, 4) is 11.1 Å². The van der Waals surface area contributed by atoms with Crippen LogP contribution in [-0.2, 0) is 0 Å². The lowest BCUT2D eigenvalue weighted by Crippen LogP contribution is -2.09. The largest absolute Gasteiger partial charge is 0.465 e. The zero-order valence-electron chi connectivity index (χ0n) is 10.7. The molecule has 0 fully saturated rings. The number of nitro benzene ring substituents is 1. The molecule has 2 aromatic carbocycles. The van der Waals surface area contributed by atoms with Gasteiger partial charge in [-0.05, 0) is 24.1 Å². The quantitative estimate of drug-likeness (QED) is 0.658. The van der Waals surface area contributed by atoms with Crippen LogP contribution in [0.25, 0.3) is 11.1 Å². The zero-order chi connectivity index (χ0) is 14.7. The Labute approximate surface area is 114 Å². The van der Waals surface area contributed by atoms with Crippen molar-refractivity contribution in [2.24, 2.45) is 0 Å². The van der Waals surface area contributed by atoms with Crippen LogP contribution in [0.1, 0.15) is 5.56 Å². The molecule has 0 aliphatic carbocycles. The second-order valence-corrected chi connectivity index (χ2v) is 4.29. The van der Waals surface area contributed by atoms with Crippen LogP contribution in [0.3, 0.4) is 0 Å². The number of rotatable bonds is 3. The summed E-state index contributed by atoms with van der Waals surface area (Å²) in [5.74, 6) is 0. The number of hydrogen-bond acceptors (Lipinski definition) is 3. The van der Waals surface area contributed by atoms with Crippen LogP contribution in [0.15, 0.2) is 42.5 Å². The number of hydrogen-bond donors (Lipinski definition) is 2. The molecule has 102 valence electrons. The molecule has 0 bridgehead atoms. The number of aryl methyl sites for hydroxylation is 1. The predicted molar refractivity (Wildman–Crippen MR) is 74.9 cm³/mol. The van der Waals surface area contributed by atoms with Crippen LogP contribution in [0.4, 0.5) is 16.2 Å². The van der Waals surface area contributed by atoms with Gasteiger partial charge in [0, 0.05) is 6.07 Å². The minimum absolute atomic E-state index is 0.0432. The second kappa shape index (κ2) is 5.40. The van der Waals surface area contributed by atoms with E-state index < -0.39 is 11.0 Å². The van der Waals surface area contributed by atoms with Crippen molar-refractivity contribution >= 4 is 17.5 Å². The van der Waals surface area contributed by atoms with Gasteiger partial charge in [0.05, 0.1) is 4.92 Å². The van der Waals surface area contributed by atoms with E-state index in [1.807, 2.05) is 36.5 Å². The summed E-state index contributed by atoms with van der Waals surface area (Å²) in [5.41, 5.74) is 2.27. The fourth-order valence-corrected chi connectivity index (χ4v) is 1.83. The van der Waals surface area contributed by atoms with Crippen molar-refractivity contribution < 1.29 is 14.8 Å². The third kappa shape index (κ3) is 2.92. The summed E-state index contributed by atoms with van der Waals surface area (Å²) >= 11 is 0. The van der Waals surface area contributed by atoms with E-state index in [1.165, 1.54) is 12.1 Å². The molecule has 0 saturated carbocycles. The van der Waals surface area contributed by atoms with E-state index in [1.54, 1.807) is 6.07 Å². The average molecular weight is 272 g/mol. The molecule has 0 spiro atoms. The van der Waals surface area contributed by atoms with Crippen LogP contribution in [0.2, 0.25) is 0 Å². The molecule has 0 radical (unpaired) electrons. The Morgan fingerprint density at radius 3 is 2.30 bits per heavy atom. The molecule has 0 aliphatic heterocycles. The Bertz CT molecular complexity index is 665. The molecule has 2 N–H and O–H groups in total. The minimum Gasteiger partial charge on any atom is -0.465 e. The zero-order valence-corrected chi connectivity index (χ0v) is 10.7. The lowest BCUT2D eigenvalue weighted by Gasteiger charge is -2.06. The summed E-state index contributed by atoms with van der Waals surface area (Å²) in [5, 5.41) is 21.7. The molecule has 20 heavy (non-hydrogen) atoms. The van der Waals surface area contributed by atoms with Crippen molar-refractivity contribution in [1.82, 2.24) is 0 Å². The topological polar surface area (TPSA) is 92.5 Å². The summed E-state index contributed by atoms with van der Waals surface area (Å²) < 4.78 is 0. The third-order valence-corrected chi connectivity index (χ3v) is 2.82. The van der Waals surface area contributed by atoms with Crippen LogP contribution in [0.5, 0.6) is 0 Å². The first kappa shape index (κ1) is 13.5. The smallest absolute Gasteiger partial charge is 0.409 e. The van der Waals surface area contributed by atoms with Crippen molar-refractivity contribution in [1.29, 1.82) is 0 Å². The number of nitro groups is 1. The van der Waals surface area contributed by atoms with Crippen molar-refractivity contribution in [2.75, 3.05) is 5.32 Å². The average Bonchev–Trinajstić information content (AvgIpc) is 2.39. The first-order chi connectivity index (χ1) is 9.47. The van der Waals surface area contributed by atoms with E-state index in [0.29, 0.717) is 5.56 Å². The molecule has 2 aromatic rings. The van der Waals surface area contributed by atoms with Gasteiger partial charge in [-0.2, -0.15) is 0 Å². The second-order valence-electron chi connectivity index (χ2n) is 4.29. The molecule has 0 atom stereocenters. The molecule has 0 aromatic heterocycles. The van der Waals surface area contributed by atoms with Gasteiger partial charge in [0.2, 0.25) is 0 Å². The number of carboxylic acid groups (broad SMARTS) is 1. The van der Waals surface area contributed by atoms with Crippen molar-refractivity contribution in [3.05, 3.63) is 58.1 Å². The Morgan fingerprint density at radius 2 is 1.75 bits per heavy atom. The molecule has 6 nitrogen and oxygen atoms in total. The summed E-state index contributed by atoms with van der Waals surface area (Å²) in [6.45, 7) is 1.95. The summed E-state index contributed by atoms with van der Waals surface area (Å²) in [6.07, 6.45) is -1.34. The Kier molecular flexibility index (Phi) is 3.65. The SMILES string of the molecule is Cc1ccc(-c2ccc(NC(=O)O)c([N+](=O)[O-])c2)cc1. The normalized spacial score (nSPS) is 10.1. The van der Waals surface area contributed by atoms with E-state index >= 15 is 0 Å². The Hall–Kier alpha value is -2.89. The van der Waals surface area contributed by atoms with Gasteiger partial charge in [-0.1, -0.05) is 35.9 Å². The maximum absolute atomic E-state index is 11.0. The van der Waals surface area contributed by atoms with Crippen LogP contribution >= 0.6 is 0 Å². The molecular formula is C14H12N2O4. The third-order valence-electron chi connectivity index (χ3n) is 2.82. The van der Waals surface area contributed by atoms with E-state index in [9.17, 15) is 14.9 Å². The first-order valence-electron chi connectivity index (χ1n) is 5.83. The van der Waals surface area contributed by atoms with Gasteiger partial charge in [0.15, 0.2) is 0 Å². The van der Waals surface area contributed by atoms with Crippen LogP contribution in [0, 0.1) is 17.0 Å². The molecule has 0 saturated heterocycles. The van der Waals surface area contributed by atoms with Gasteiger partial charge in [0.1, 0.15) is 5.69 Å². The summed E-state index contributed by atoms with van der Waals surface area (Å²) in [6, 6.07) is 11.9. The van der Waals surface area contributed by atoms with Gasteiger partial charge in [-0.3, -0.25) is 15.4 Å².